The van der Waals surface area contributed by atoms with Gasteiger partial charge in [-0.1, -0.05) is 0 Å². The fourth-order valence-electron chi connectivity index (χ4n) is 5.51. The van der Waals surface area contributed by atoms with Gasteiger partial charge in [-0.25, -0.2) is 4.98 Å². The van der Waals surface area contributed by atoms with Gasteiger partial charge >= 0.3 is 5.97 Å². The molecular formula is C21H30N4O2. The van der Waals surface area contributed by atoms with Gasteiger partial charge in [-0.05, 0) is 63.7 Å². The number of carbonyl (C=O) groups is 1. The Morgan fingerprint density at radius 3 is 2.70 bits per heavy atom. The molecule has 6 nitrogen and oxygen atoms in total. The van der Waals surface area contributed by atoms with E-state index in [1.54, 1.807) is 0 Å². The van der Waals surface area contributed by atoms with Gasteiger partial charge in [0.05, 0.1) is 12.3 Å². The Morgan fingerprint density at radius 2 is 2.04 bits per heavy atom. The van der Waals surface area contributed by atoms with Crippen LogP contribution in [0.1, 0.15) is 50.8 Å². The van der Waals surface area contributed by atoms with Crippen molar-refractivity contribution in [2.45, 2.75) is 58.4 Å². The van der Waals surface area contributed by atoms with Crippen LogP contribution >= 0.6 is 0 Å². The molecule has 146 valence electrons. The lowest BCUT2D eigenvalue weighted by molar-refractivity contribution is -0.147. The van der Waals surface area contributed by atoms with Gasteiger partial charge in [-0.15, -0.1) is 0 Å². The second-order valence-electron chi connectivity index (χ2n) is 8.79. The van der Waals surface area contributed by atoms with Crippen LogP contribution in [0.25, 0.3) is 0 Å². The Balaban J connectivity index is 1.35. The highest BCUT2D eigenvalue weighted by atomic mass is 16.5. The number of ether oxygens (including phenoxy) is 1. The van der Waals surface area contributed by atoms with Crippen molar-refractivity contribution in [3.05, 3.63) is 11.3 Å². The maximum Gasteiger partial charge on any atom is 0.306 e. The van der Waals surface area contributed by atoms with E-state index in [1.165, 1.54) is 36.3 Å². The number of esters is 1. The maximum absolute atomic E-state index is 11.9. The monoisotopic (exact) mass is 370 g/mol. The molecule has 1 saturated carbocycles. The molecule has 3 saturated heterocycles. The Morgan fingerprint density at radius 1 is 1.22 bits per heavy atom. The first-order valence-electron chi connectivity index (χ1n) is 10.7. The SMILES string of the molecule is CCOC(=O)CC1[C@@H]2C[C@H]1CN(c1nc(N3CC[C@@H]3C)nc3c1CCC3)C2. The van der Waals surface area contributed by atoms with Crippen molar-refractivity contribution in [2.24, 2.45) is 17.8 Å². The summed E-state index contributed by atoms with van der Waals surface area (Å²) in [6.07, 6.45) is 6.48. The van der Waals surface area contributed by atoms with Crippen LogP contribution in [0.15, 0.2) is 0 Å². The van der Waals surface area contributed by atoms with Crippen molar-refractivity contribution in [1.82, 2.24) is 9.97 Å². The summed E-state index contributed by atoms with van der Waals surface area (Å²) < 4.78 is 5.18. The number of fused-ring (bicyclic) bond motifs is 3. The minimum Gasteiger partial charge on any atom is -0.466 e. The van der Waals surface area contributed by atoms with E-state index in [0.29, 0.717) is 36.8 Å². The number of piperidine rings is 2. The van der Waals surface area contributed by atoms with Crippen molar-refractivity contribution >= 4 is 17.7 Å². The third-order valence-electron chi connectivity index (χ3n) is 7.21. The Labute approximate surface area is 161 Å². The minimum atomic E-state index is -0.0253. The zero-order chi connectivity index (χ0) is 18.5. The normalized spacial score (nSPS) is 31.2. The molecule has 6 heteroatoms. The summed E-state index contributed by atoms with van der Waals surface area (Å²) in [6, 6.07) is 0.557. The zero-order valence-electron chi connectivity index (χ0n) is 16.5. The lowest BCUT2D eigenvalue weighted by Gasteiger charge is -2.54. The smallest absolute Gasteiger partial charge is 0.306 e. The highest BCUT2D eigenvalue weighted by Gasteiger charge is 2.48. The fraction of sp³-hybridized carbons (Fsp3) is 0.762. The molecule has 0 spiro atoms. The molecule has 6 rings (SSSR count). The Hall–Kier alpha value is -1.85. The lowest BCUT2D eigenvalue weighted by Crippen LogP contribution is -2.56. The van der Waals surface area contributed by atoms with Crippen LogP contribution in [0.4, 0.5) is 11.8 Å². The molecule has 3 aliphatic heterocycles. The lowest BCUT2D eigenvalue weighted by atomic mass is 9.60. The number of aromatic nitrogens is 2. The van der Waals surface area contributed by atoms with Crippen LogP contribution in [-0.4, -0.2) is 48.2 Å². The maximum atomic E-state index is 11.9. The van der Waals surface area contributed by atoms with Gasteiger partial charge in [0.1, 0.15) is 5.82 Å². The number of anilines is 2. The van der Waals surface area contributed by atoms with Crippen molar-refractivity contribution in [3.63, 3.8) is 0 Å². The quantitative estimate of drug-likeness (QED) is 0.743. The van der Waals surface area contributed by atoms with Crippen molar-refractivity contribution in [3.8, 4) is 0 Å². The van der Waals surface area contributed by atoms with Crippen molar-refractivity contribution in [1.29, 1.82) is 0 Å². The summed E-state index contributed by atoms with van der Waals surface area (Å²) in [7, 11) is 0. The van der Waals surface area contributed by atoms with Crippen molar-refractivity contribution in [2.75, 3.05) is 36.0 Å². The largest absolute Gasteiger partial charge is 0.466 e. The van der Waals surface area contributed by atoms with E-state index in [1.807, 2.05) is 6.92 Å². The molecule has 4 fully saturated rings. The van der Waals surface area contributed by atoms with Crippen LogP contribution in [0.5, 0.6) is 0 Å². The predicted molar refractivity (Wildman–Crippen MR) is 104 cm³/mol. The van der Waals surface area contributed by atoms with Crippen LogP contribution < -0.4 is 9.80 Å². The number of carbonyl (C=O) groups excluding carboxylic acids is 1. The summed E-state index contributed by atoms with van der Waals surface area (Å²) in [5.41, 5.74) is 2.66. The van der Waals surface area contributed by atoms with E-state index in [9.17, 15) is 4.79 Å². The first-order chi connectivity index (χ1) is 13.1. The standard InChI is InChI=1S/C21H30N4O2/c1-3-27-19(26)10-17-14-9-15(17)12-24(11-14)20-16-5-4-6-18(16)22-21(23-20)25-8-7-13(25)2/h13-15,17H,3-12H2,1-2H3/t13-,14-,15+,17?/m0/s1. The zero-order valence-corrected chi connectivity index (χ0v) is 16.5. The Kier molecular flexibility index (Phi) is 4.25. The fourth-order valence-corrected chi connectivity index (χ4v) is 5.51. The molecule has 2 bridgehead atoms. The summed E-state index contributed by atoms with van der Waals surface area (Å²) in [5, 5.41) is 0. The van der Waals surface area contributed by atoms with E-state index in [0.717, 1.165) is 38.4 Å². The molecule has 27 heavy (non-hydrogen) atoms. The molecule has 0 amide bonds. The first kappa shape index (κ1) is 17.3. The number of nitrogens with zero attached hydrogens (tertiary/aromatic N) is 4. The molecule has 1 aromatic heterocycles. The predicted octanol–water partition coefficient (Wildman–Crippen LogP) is 2.59. The van der Waals surface area contributed by atoms with Gasteiger partial charge in [0.25, 0.3) is 0 Å². The second kappa shape index (κ2) is 6.64. The van der Waals surface area contributed by atoms with Crippen molar-refractivity contribution < 1.29 is 9.53 Å². The van der Waals surface area contributed by atoms with Crippen LogP contribution in [0.3, 0.4) is 0 Å². The van der Waals surface area contributed by atoms with E-state index >= 15 is 0 Å². The molecular weight excluding hydrogens is 340 g/mol. The van der Waals surface area contributed by atoms with Gasteiger partial charge < -0.3 is 14.5 Å². The summed E-state index contributed by atoms with van der Waals surface area (Å²) in [5.74, 6) is 3.81. The Bertz CT molecular complexity index is 740. The molecule has 0 N–H and O–H groups in total. The minimum absolute atomic E-state index is 0.0253. The number of hydrogen-bond donors (Lipinski definition) is 0. The molecule has 5 aliphatic rings. The average molecular weight is 370 g/mol. The molecule has 0 aromatic carbocycles. The van der Waals surface area contributed by atoms with E-state index < -0.39 is 0 Å². The van der Waals surface area contributed by atoms with Crippen LogP contribution in [0, 0.1) is 17.8 Å². The van der Waals surface area contributed by atoms with Crippen LogP contribution in [-0.2, 0) is 22.4 Å². The highest BCUT2D eigenvalue weighted by Crippen LogP contribution is 2.49. The number of rotatable bonds is 5. The number of aryl methyl sites for hydroxylation is 1. The van der Waals surface area contributed by atoms with E-state index in [4.69, 9.17) is 14.7 Å². The molecule has 1 unspecified atom stereocenters. The topological polar surface area (TPSA) is 58.6 Å². The van der Waals surface area contributed by atoms with Gasteiger partial charge in [0.2, 0.25) is 5.95 Å². The number of hydrogen-bond acceptors (Lipinski definition) is 6. The molecule has 2 aliphatic carbocycles. The van der Waals surface area contributed by atoms with E-state index in [2.05, 4.69) is 16.7 Å². The third kappa shape index (κ3) is 2.88. The van der Waals surface area contributed by atoms with Gasteiger partial charge in [0, 0.05) is 37.7 Å². The molecule has 0 radical (unpaired) electrons. The highest BCUT2D eigenvalue weighted by molar-refractivity contribution is 5.70. The van der Waals surface area contributed by atoms with Gasteiger partial charge in [-0.2, -0.15) is 4.98 Å². The first-order valence-corrected chi connectivity index (χ1v) is 10.7. The van der Waals surface area contributed by atoms with Gasteiger partial charge in [0.15, 0.2) is 0 Å². The third-order valence-corrected chi connectivity index (χ3v) is 7.21. The second-order valence-corrected chi connectivity index (χ2v) is 8.79. The summed E-state index contributed by atoms with van der Waals surface area (Å²) in [4.78, 5) is 26.7. The molecule has 4 heterocycles. The average Bonchev–Trinajstić information content (AvgIpc) is 3.13. The van der Waals surface area contributed by atoms with E-state index in [-0.39, 0.29) is 5.97 Å². The molecule has 1 aromatic rings. The summed E-state index contributed by atoms with van der Waals surface area (Å²) in [6.45, 7) is 7.76. The van der Waals surface area contributed by atoms with Gasteiger partial charge in [-0.3, -0.25) is 4.79 Å². The molecule has 4 atom stereocenters. The van der Waals surface area contributed by atoms with Crippen LogP contribution in [0.2, 0.25) is 0 Å². The summed E-state index contributed by atoms with van der Waals surface area (Å²) >= 11 is 0.